The molecule has 0 aromatic rings. The second kappa shape index (κ2) is 17.5. The number of rotatable bonds is 10. The van der Waals surface area contributed by atoms with Crippen molar-refractivity contribution in [2.75, 3.05) is 26.2 Å². The Morgan fingerprint density at radius 2 is 1.83 bits per heavy atom. The molecule has 0 aromatic heterocycles. The molecule has 2 aliphatic carbocycles. The van der Waals surface area contributed by atoms with Crippen LogP contribution in [0.4, 0.5) is 0 Å². The summed E-state index contributed by atoms with van der Waals surface area (Å²) in [5.74, 6) is 2.06. The number of hydrogen-bond donors (Lipinski definition) is 1. The zero-order valence-corrected chi connectivity index (χ0v) is 22.6. The topological polar surface area (TPSA) is 110 Å². The molecule has 0 bridgehead atoms. The van der Waals surface area contributed by atoms with Gasteiger partial charge in [0.2, 0.25) is 0 Å². The summed E-state index contributed by atoms with van der Waals surface area (Å²) in [5, 5.41) is 4.81. The first-order chi connectivity index (χ1) is 14.8. The van der Waals surface area contributed by atoms with Crippen molar-refractivity contribution < 1.29 is 16.4 Å². The first-order valence-corrected chi connectivity index (χ1v) is 13.1. The lowest BCUT2D eigenvalue weighted by atomic mass is 9.66. The highest BCUT2D eigenvalue weighted by Gasteiger charge is 2.39. The molecule has 1 saturated heterocycles. The van der Waals surface area contributed by atoms with Gasteiger partial charge in [-0.15, -0.1) is 0 Å². The van der Waals surface area contributed by atoms with Crippen molar-refractivity contribution in [3.63, 3.8) is 0 Å². The maximum absolute atomic E-state index is 6.16. The molecule has 35 heavy (non-hydrogen) atoms. The van der Waals surface area contributed by atoms with E-state index in [0.29, 0.717) is 23.3 Å². The summed E-state index contributed by atoms with van der Waals surface area (Å²) in [5.41, 5.74) is 1.88. The van der Waals surface area contributed by atoms with E-state index in [1.54, 1.807) is 5.57 Å². The average molecular weight is 515 g/mol. The zero-order chi connectivity index (χ0) is 22.3. The maximum Gasteiger partial charge on any atom is 0.0363 e. The summed E-state index contributed by atoms with van der Waals surface area (Å²) in [6.07, 6.45) is 22.4. The Balaban J connectivity index is 0. The van der Waals surface area contributed by atoms with Crippen molar-refractivity contribution >= 4 is 11.6 Å². The third-order valence-corrected chi connectivity index (χ3v) is 7.91. The maximum atomic E-state index is 6.16. The highest BCUT2D eigenvalue weighted by Crippen LogP contribution is 2.43. The van der Waals surface area contributed by atoms with Crippen LogP contribution < -0.4 is 5.32 Å². The molecule has 6 heteroatoms. The number of likely N-dealkylation sites (tertiary alicyclic amines) is 1. The van der Waals surface area contributed by atoms with Gasteiger partial charge in [-0.1, -0.05) is 82.7 Å². The van der Waals surface area contributed by atoms with Crippen LogP contribution in [0.15, 0.2) is 47.1 Å². The van der Waals surface area contributed by atoms with Gasteiger partial charge < -0.3 is 26.6 Å². The SMILES string of the molecule is C.CC(C)[C@H](CN1CC[C@H](C2C=CC(Cl)=CC2)C(C)(C)C1)NCCCCC1=CCCC=C1.O.O.O. The Bertz CT molecular complexity index is 700. The quantitative estimate of drug-likeness (QED) is 0.401. The molecule has 206 valence electrons. The van der Waals surface area contributed by atoms with Crippen molar-refractivity contribution in [2.24, 2.45) is 23.2 Å². The molecule has 0 saturated carbocycles. The number of hydrogen-bond acceptors (Lipinski definition) is 2. The summed E-state index contributed by atoms with van der Waals surface area (Å²) in [6, 6.07) is 0.581. The van der Waals surface area contributed by atoms with Crippen LogP contribution in [0.25, 0.3) is 0 Å². The fourth-order valence-corrected chi connectivity index (χ4v) is 5.89. The van der Waals surface area contributed by atoms with Crippen molar-refractivity contribution in [3.8, 4) is 0 Å². The number of nitrogens with zero attached hydrogens (tertiary/aromatic N) is 1. The van der Waals surface area contributed by atoms with E-state index in [1.165, 1.54) is 58.2 Å². The third-order valence-electron chi connectivity index (χ3n) is 7.63. The van der Waals surface area contributed by atoms with Gasteiger partial charge in [0.05, 0.1) is 0 Å². The predicted octanol–water partition coefficient (Wildman–Crippen LogP) is 5.26. The molecule has 3 rings (SSSR count). The van der Waals surface area contributed by atoms with Crippen molar-refractivity contribution in [1.82, 2.24) is 10.2 Å². The fraction of sp³-hybridized carbons (Fsp3) is 0.724. The van der Waals surface area contributed by atoms with E-state index in [1.807, 2.05) is 0 Å². The molecule has 3 aliphatic rings. The van der Waals surface area contributed by atoms with Crippen LogP contribution in [0.5, 0.6) is 0 Å². The smallest absolute Gasteiger partial charge is 0.0363 e. The van der Waals surface area contributed by atoms with E-state index >= 15 is 0 Å². The molecule has 3 atom stereocenters. The van der Waals surface area contributed by atoms with Gasteiger partial charge >= 0.3 is 0 Å². The Labute approximate surface area is 220 Å². The van der Waals surface area contributed by atoms with Crippen LogP contribution in [0, 0.1) is 23.2 Å². The first-order valence-electron chi connectivity index (χ1n) is 12.7. The van der Waals surface area contributed by atoms with E-state index in [9.17, 15) is 0 Å². The molecule has 1 fully saturated rings. The van der Waals surface area contributed by atoms with E-state index in [-0.39, 0.29) is 23.9 Å². The molecule has 1 heterocycles. The van der Waals surface area contributed by atoms with Crippen molar-refractivity contribution in [2.45, 2.75) is 86.1 Å². The standard InChI is InChI=1S/C28H45ClN2.CH4.3H2O/c1-22(2)27(30-18-9-8-12-23-10-6-5-7-11-23)20-31-19-17-26(28(3,4)21-31)24-13-15-25(29)16-14-24;;;;/h6,10-11,13,15-16,22,24,26-27,30H,5,7-9,12,14,17-21H2,1-4H3;1H4;3*1H2/t24?,26-,27+;;;;/m1..../s1. The van der Waals surface area contributed by atoms with E-state index in [4.69, 9.17) is 11.6 Å². The number of nitrogens with one attached hydrogen (secondary N) is 1. The normalized spacial score (nSPS) is 24.2. The third kappa shape index (κ3) is 11.3. The Morgan fingerprint density at radius 1 is 1.09 bits per heavy atom. The molecule has 1 unspecified atom stereocenters. The minimum Gasteiger partial charge on any atom is -0.412 e. The Morgan fingerprint density at radius 3 is 2.40 bits per heavy atom. The number of halogens is 1. The molecule has 0 aromatic carbocycles. The average Bonchev–Trinajstić information content (AvgIpc) is 2.73. The van der Waals surface area contributed by atoms with E-state index in [0.717, 1.165) is 23.9 Å². The van der Waals surface area contributed by atoms with E-state index in [2.05, 4.69) is 74.4 Å². The highest BCUT2D eigenvalue weighted by molar-refractivity contribution is 6.31. The predicted molar refractivity (Wildman–Crippen MR) is 154 cm³/mol. The second-order valence-electron chi connectivity index (χ2n) is 11.0. The second-order valence-corrected chi connectivity index (χ2v) is 11.4. The van der Waals surface area contributed by atoms with Gasteiger partial charge in [0.1, 0.15) is 0 Å². The molecule has 7 N–H and O–H groups in total. The van der Waals surface area contributed by atoms with Gasteiger partial charge in [-0.25, -0.2) is 0 Å². The van der Waals surface area contributed by atoms with Crippen LogP contribution in [0.3, 0.4) is 0 Å². The summed E-state index contributed by atoms with van der Waals surface area (Å²) in [6.45, 7) is 14.4. The van der Waals surface area contributed by atoms with Gasteiger partial charge in [0.25, 0.3) is 0 Å². The lowest BCUT2D eigenvalue weighted by Gasteiger charge is -2.48. The van der Waals surface area contributed by atoms with Crippen LogP contribution in [0.2, 0.25) is 0 Å². The lowest BCUT2D eigenvalue weighted by Crippen LogP contribution is -2.52. The molecule has 1 aliphatic heterocycles. The minimum absolute atomic E-state index is 0. The summed E-state index contributed by atoms with van der Waals surface area (Å²) in [7, 11) is 0. The summed E-state index contributed by atoms with van der Waals surface area (Å²) < 4.78 is 0. The number of allylic oxidation sites excluding steroid dienone is 8. The molecular formula is C29H55ClN2O3. The number of unbranched alkanes of at least 4 members (excludes halogenated alkanes) is 1. The van der Waals surface area contributed by atoms with Gasteiger partial charge in [0, 0.05) is 24.2 Å². The van der Waals surface area contributed by atoms with Gasteiger partial charge in [0.15, 0.2) is 0 Å². The van der Waals surface area contributed by atoms with Crippen molar-refractivity contribution in [1.29, 1.82) is 0 Å². The van der Waals surface area contributed by atoms with Gasteiger partial charge in [-0.3, -0.25) is 0 Å². The fourth-order valence-electron chi connectivity index (χ4n) is 5.73. The summed E-state index contributed by atoms with van der Waals surface area (Å²) >= 11 is 6.16. The monoisotopic (exact) mass is 514 g/mol. The zero-order valence-electron chi connectivity index (χ0n) is 21.9. The largest absolute Gasteiger partial charge is 0.412 e. The van der Waals surface area contributed by atoms with Crippen LogP contribution >= 0.6 is 11.6 Å². The number of piperidine rings is 1. The van der Waals surface area contributed by atoms with Crippen LogP contribution in [-0.4, -0.2) is 53.5 Å². The Hall–Kier alpha value is -0.950. The first kappa shape index (κ1) is 36.2. The highest BCUT2D eigenvalue weighted by atomic mass is 35.5. The van der Waals surface area contributed by atoms with Gasteiger partial charge in [-0.2, -0.15) is 0 Å². The Kier molecular flexibility index (Phi) is 18.1. The molecular weight excluding hydrogens is 460 g/mol. The lowest BCUT2D eigenvalue weighted by molar-refractivity contribution is 0.0252. The minimum atomic E-state index is 0. The van der Waals surface area contributed by atoms with Crippen molar-refractivity contribution in [3.05, 3.63) is 47.1 Å². The van der Waals surface area contributed by atoms with Gasteiger partial charge in [-0.05, 0) is 87.3 Å². The van der Waals surface area contributed by atoms with Crippen LogP contribution in [0.1, 0.15) is 80.1 Å². The van der Waals surface area contributed by atoms with Crippen LogP contribution in [-0.2, 0) is 0 Å². The van der Waals surface area contributed by atoms with E-state index < -0.39 is 0 Å². The molecule has 0 amide bonds. The molecule has 0 spiro atoms. The molecule has 0 radical (unpaired) electrons. The summed E-state index contributed by atoms with van der Waals surface area (Å²) in [4.78, 5) is 2.72. The molecule has 5 nitrogen and oxygen atoms in total.